The molecule has 5 N–H and O–H groups in total. The molecule has 1 fully saturated rings. The first kappa shape index (κ1) is 32.6. The number of nitrogens with one attached hydrogen (secondary N) is 2. The molecule has 1 aliphatic heterocycles. The molecular weight excluding hydrogens is 588 g/mol. The molecular formula is C30H34F4N4O4S. The average molecular weight is 623 g/mol. The van der Waals surface area contributed by atoms with Gasteiger partial charge in [-0.3, -0.25) is 4.79 Å². The summed E-state index contributed by atoms with van der Waals surface area (Å²) in [5.41, 5.74) is 6.77. The summed E-state index contributed by atoms with van der Waals surface area (Å²) in [6.45, 7) is 1.27. The molecule has 3 unspecified atom stereocenters. The lowest BCUT2D eigenvalue weighted by Gasteiger charge is -2.38. The Labute approximate surface area is 249 Å². The number of ether oxygens (including phenoxy) is 1. The summed E-state index contributed by atoms with van der Waals surface area (Å²) in [7, 11) is 1.94. The second-order valence-corrected chi connectivity index (χ2v) is 11.6. The second kappa shape index (κ2) is 14.9. The van der Waals surface area contributed by atoms with Crippen LogP contribution in [0.5, 0.6) is 5.75 Å². The fraction of sp³-hybridized carbons (Fsp3) is 0.367. The van der Waals surface area contributed by atoms with Gasteiger partial charge in [-0.2, -0.15) is 0 Å². The lowest BCUT2D eigenvalue weighted by molar-refractivity contribution is -0.117. The van der Waals surface area contributed by atoms with Gasteiger partial charge in [0.05, 0.1) is 17.8 Å². The smallest absolute Gasteiger partial charge is 0.242 e. The van der Waals surface area contributed by atoms with E-state index in [0.29, 0.717) is 31.1 Å². The minimum atomic E-state index is -1.83. The zero-order chi connectivity index (χ0) is 31.1. The van der Waals surface area contributed by atoms with Crippen molar-refractivity contribution in [3.8, 4) is 5.75 Å². The van der Waals surface area contributed by atoms with Crippen LogP contribution in [0.1, 0.15) is 29.9 Å². The van der Waals surface area contributed by atoms with Gasteiger partial charge in [0.2, 0.25) is 5.91 Å². The number of halogens is 4. The third kappa shape index (κ3) is 8.83. The van der Waals surface area contributed by atoms with E-state index in [2.05, 4.69) is 15.5 Å². The van der Waals surface area contributed by atoms with Crippen molar-refractivity contribution in [1.29, 1.82) is 0 Å². The first-order chi connectivity index (χ1) is 20.5. The van der Waals surface area contributed by atoms with Gasteiger partial charge < -0.3 is 30.6 Å². The normalized spacial score (nSPS) is 19.4. The fourth-order valence-corrected chi connectivity index (χ4v) is 5.65. The molecule has 1 aliphatic rings. The summed E-state index contributed by atoms with van der Waals surface area (Å²) >= 11 is -1.83. The van der Waals surface area contributed by atoms with Gasteiger partial charge in [0.15, 0.2) is 22.6 Å². The first-order valence-corrected chi connectivity index (χ1v) is 15.0. The molecule has 13 heteroatoms. The fourth-order valence-electron chi connectivity index (χ4n) is 5.23. The molecule has 0 spiro atoms. The van der Waals surface area contributed by atoms with Crippen molar-refractivity contribution in [3.63, 3.8) is 0 Å². The predicted molar refractivity (Wildman–Crippen MR) is 156 cm³/mol. The topological polar surface area (TPSA) is 117 Å². The number of piperazine rings is 1. The Morgan fingerprint density at radius 3 is 2.44 bits per heavy atom. The molecule has 0 aromatic heterocycles. The Hall–Kier alpha value is -3.36. The summed E-state index contributed by atoms with van der Waals surface area (Å²) in [6, 6.07) is 10.5. The number of para-hydroxylation sites is 1. The maximum absolute atomic E-state index is 14.9. The quantitative estimate of drug-likeness (QED) is 0.178. The Morgan fingerprint density at radius 2 is 1.79 bits per heavy atom. The Kier molecular flexibility index (Phi) is 11.3. The maximum Gasteiger partial charge on any atom is 0.242 e. The molecule has 0 aliphatic carbocycles. The van der Waals surface area contributed by atoms with E-state index in [1.807, 2.05) is 7.05 Å². The largest absolute Gasteiger partial charge is 0.487 e. The number of benzene rings is 3. The number of nitrogens with zero attached hydrogens (tertiary/aromatic N) is 1. The third-order valence-electron chi connectivity index (χ3n) is 7.42. The van der Waals surface area contributed by atoms with Crippen molar-refractivity contribution < 1.29 is 35.9 Å². The zero-order valence-electron chi connectivity index (χ0n) is 23.4. The number of nitrogens with two attached hydrogens (primary N) is 1. The zero-order valence-corrected chi connectivity index (χ0v) is 24.3. The second-order valence-electron chi connectivity index (χ2n) is 10.5. The van der Waals surface area contributed by atoms with Crippen LogP contribution in [0.3, 0.4) is 0 Å². The van der Waals surface area contributed by atoms with Crippen LogP contribution in [-0.2, 0) is 15.9 Å². The van der Waals surface area contributed by atoms with E-state index in [-0.39, 0.29) is 41.4 Å². The van der Waals surface area contributed by atoms with E-state index in [4.69, 9.17) is 15.0 Å². The van der Waals surface area contributed by atoms with E-state index >= 15 is 0 Å². The van der Waals surface area contributed by atoms with Crippen molar-refractivity contribution in [2.75, 3.05) is 37.8 Å². The van der Waals surface area contributed by atoms with Crippen LogP contribution in [-0.4, -0.2) is 70.2 Å². The van der Waals surface area contributed by atoms with Gasteiger partial charge >= 0.3 is 0 Å². The third-order valence-corrected chi connectivity index (χ3v) is 8.06. The molecule has 5 atom stereocenters. The van der Waals surface area contributed by atoms with Gasteiger partial charge in [0, 0.05) is 36.9 Å². The highest BCUT2D eigenvalue weighted by molar-refractivity contribution is 7.79. The maximum atomic E-state index is 14.9. The number of hydrogen-bond acceptors (Lipinski definition) is 6. The van der Waals surface area contributed by atoms with Crippen LogP contribution in [0.15, 0.2) is 60.7 Å². The van der Waals surface area contributed by atoms with Crippen molar-refractivity contribution in [1.82, 2.24) is 10.2 Å². The summed E-state index contributed by atoms with van der Waals surface area (Å²) in [5.74, 6) is -4.82. The predicted octanol–water partition coefficient (Wildman–Crippen LogP) is 3.99. The summed E-state index contributed by atoms with van der Waals surface area (Å²) < 4.78 is 82.5. The van der Waals surface area contributed by atoms with Crippen LogP contribution in [0.2, 0.25) is 0 Å². The van der Waals surface area contributed by atoms with Crippen molar-refractivity contribution in [2.45, 2.75) is 36.9 Å². The van der Waals surface area contributed by atoms with Gasteiger partial charge in [-0.25, -0.2) is 21.8 Å². The minimum absolute atomic E-state index is 0.0165. The molecule has 3 aromatic rings. The standard InChI is InChI=1S/C30H34F4N4O4S/c1-38-16-23(36-15-24(38)4-3-11-43(40)41)17-42-29-25(34)5-2-6-26(29)37-30(39)28(35)27(18-7-9-20(31)10-8-18)19-12-21(32)14-22(33)13-19/h2,5-10,12-14,23-24,27-28,36H,3-4,11,15-17,35H2,1H3,(H,37,39)(H,40,41)/t23?,24?,27-,28-/m0/s1. The monoisotopic (exact) mass is 622 g/mol. The lowest BCUT2D eigenvalue weighted by Crippen LogP contribution is -2.56. The van der Waals surface area contributed by atoms with Gasteiger partial charge in [-0.1, -0.05) is 18.2 Å². The van der Waals surface area contributed by atoms with Crippen molar-refractivity contribution >= 4 is 22.7 Å². The van der Waals surface area contributed by atoms with Gasteiger partial charge in [0.1, 0.15) is 24.1 Å². The molecule has 1 amide bonds. The lowest BCUT2D eigenvalue weighted by atomic mass is 9.84. The van der Waals surface area contributed by atoms with Crippen LogP contribution < -0.4 is 21.1 Å². The number of rotatable bonds is 12. The van der Waals surface area contributed by atoms with E-state index in [9.17, 15) is 26.6 Å². The van der Waals surface area contributed by atoms with E-state index in [0.717, 1.165) is 30.7 Å². The summed E-state index contributed by atoms with van der Waals surface area (Å²) in [4.78, 5) is 15.5. The Bertz CT molecular complexity index is 1410. The molecule has 0 bridgehead atoms. The average Bonchev–Trinajstić information content (AvgIpc) is 2.94. The first-order valence-electron chi connectivity index (χ1n) is 13.7. The van der Waals surface area contributed by atoms with Crippen LogP contribution >= 0.6 is 0 Å². The summed E-state index contributed by atoms with van der Waals surface area (Å²) in [6.07, 6.45) is 1.35. The number of anilines is 1. The van der Waals surface area contributed by atoms with Crippen LogP contribution in [0.25, 0.3) is 0 Å². The molecule has 1 saturated heterocycles. The number of carbonyl (C=O) groups excluding carboxylic acids is 1. The Morgan fingerprint density at radius 1 is 1.09 bits per heavy atom. The Balaban J connectivity index is 1.46. The van der Waals surface area contributed by atoms with Crippen molar-refractivity contribution in [3.05, 3.63) is 95.1 Å². The number of hydrogen-bond donors (Lipinski definition) is 4. The minimum Gasteiger partial charge on any atom is -0.487 e. The van der Waals surface area contributed by atoms with E-state index in [1.54, 1.807) is 0 Å². The van der Waals surface area contributed by atoms with Gasteiger partial charge in [-0.15, -0.1) is 0 Å². The molecule has 3 aromatic carbocycles. The molecule has 1 heterocycles. The molecule has 4 rings (SSSR count). The molecule has 232 valence electrons. The highest BCUT2D eigenvalue weighted by Crippen LogP contribution is 2.32. The number of amides is 1. The molecule has 0 saturated carbocycles. The highest BCUT2D eigenvalue weighted by atomic mass is 32.2. The molecule has 8 nitrogen and oxygen atoms in total. The molecule has 43 heavy (non-hydrogen) atoms. The van der Waals surface area contributed by atoms with Crippen LogP contribution in [0.4, 0.5) is 23.2 Å². The van der Waals surface area contributed by atoms with Crippen molar-refractivity contribution in [2.24, 2.45) is 5.73 Å². The number of likely N-dealkylation sites (N-methyl/N-ethyl adjacent to an activating group) is 1. The molecule has 0 radical (unpaired) electrons. The van der Waals surface area contributed by atoms with Crippen LogP contribution in [0, 0.1) is 23.3 Å². The highest BCUT2D eigenvalue weighted by Gasteiger charge is 2.30. The van der Waals surface area contributed by atoms with Gasteiger partial charge in [0.25, 0.3) is 0 Å². The van der Waals surface area contributed by atoms with Gasteiger partial charge in [-0.05, 0) is 67.4 Å². The van der Waals surface area contributed by atoms with E-state index < -0.39 is 52.2 Å². The summed E-state index contributed by atoms with van der Waals surface area (Å²) in [5, 5.41) is 5.93. The van der Waals surface area contributed by atoms with E-state index in [1.165, 1.54) is 30.3 Å². The number of carbonyl (C=O) groups is 1. The SMILES string of the molecule is CN1CC(COc2c(F)cccc2NC(=O)[C@@H](N)[C@@H](c2ccc(F)cc2)c2cc(F)cc(F)c2)NCC1CCCS(=O)O.